The van der Waals surface area contributed by atoms with Crippen molar-refractivity contribution in [2.75, 3.05) is 32.7 Å². The second kappa shape index (κ2) is 4.91. The molecular formula is C10H14N4O3S. The molecule has 0 spiro atoms. The van der Waals surface area contributed by atoms with Crippen molar-refractivity contribution in [2.45, 2.75) is 6.54 Å². The van der Waals surface area contributed by atoms with Crippen LogP contribution in [0.4, 0.5) is 5.00 Å². The van der Waals surface area contributed by atoms with Crippen LogP contribution in [0.15, 0.2) is 9.59 Å². The zero-order valence-corrected chi connectivity index (χ0v) is 11.2. The molecule has 0 aliphatic carbocycles. The predicted octanol–water partition coefficient (Wildman–Crippen LogP) is -0.141. The molecule has 0 aliphatic rings. The summed E-state index contributed by atoms with van der Waals surface area (Å²) in [6, 6.07) is 0. The second-order valence-electron chi connectivity index (χ2n) is 3.98. The first kappa shape index (κ1) is 12.8. The van der Waals surface area contributed by atoms with E-state index >= 15 is 0 Å². The largest absolute Gasteiger partial charge is 0.383 e. The number of rotatable bonds is 4. The summed E-state index contributed by atoms with van der Waals surface area (Å²) >= 11 is 1.20. The summed E-state index contributed by atoms with van der Waals surface area (Å²) in [5, 5.41) is 1.18. The van der Waals surface area contributed by atoms with Crippen LogP contribution in [0.3, 0.4) is 0 Å². The molecule has 18 heavy (non-hydrogen) atoms. The highest BCUT2D eigenvalue weighted by Gasteiger charge is 2.16. The van der Waals surface area contributed by atoms with Gasteiger partial charge in [0, 0.05) is 21.2 Å². The summed E-state index contributed by atoms with van der Waals surface area (Å²) < 4.78 is 10.6. The van der Waals surface area contributed by atoms with Gasteiger partial charge in [0.1, 0.15) is 10.4 Å². The fourth-order valence-corrected chi connectivity index (χ4v) is 2.48. The van der Waals surface area contributed by atoms with Crippen molar-refractivity contribution < 1.29 is 4.74 Å². The average molecular weight is 270 g/mol. The van der Waals surface area contributed by atoms with Crippen LogP contribution in [0.2, 0.25) is 0 Å². The van der Waals surface area contributed by atoms with Crippen molar-refractivity contribution in [2.24, 2.45) is 0 Å². The normalized spacial score (nSPS) is 11.1. The molecule has 2 aromatic heterocycles. The minimum absolute atomic E-state index is 0.360. The lowest BCUT2D eigenvalue weighted by Crippen LogP contribution is -2.31. The Labute approximate surface area is 107 Å². The summed E-state index contributed by atoms with van der Waals surface area (Å²) in [5.41, 5.74) is -0.448. The van der Waals surface area contributed by atoms with E-state index in [0.717, 1.165) is 5.00 Å². The Morgan fingerprint density at radius 2 is 2.17 bits per heavy atom. The van der Waals surface area contributed by atoms with Crippen LogP contribution >= 0.6 is 11.5 Å². The van der Waals surface area contributed by atoms with Crippen LogP contribution in [-0.4, -0.2) is 41.7 Å². The monoisotopic (exact) mass is 270 g/mol. The highest BCUT2D eigenvalue weighted by molar-refractivity contribution is 7.11. The number of fused-ring (bicyclic) bond motifs is 1. The number of aromatic amines is 1. The third-order valence-electron chi connectivity index (χ3n) is 2.53. The molecule has 1 N–H and O–H groups in total. The van der Waals surface area contributed by atoms with Gasteiger partial charge in [-0.05, 0) is 11.5 Å². The van der Waals surface area contributed by atoms with Gasteiger partial charge in [-0.2, -0.15) is 4.37 Å². The number of anilines is 1. The van der Waals surface area contributed by atoms with Crippen molar-refractivity contribution >= 4 is 27.6 Å². The van der Waals surface area contributed by atoms with E-state index in [4.69, 9.17) is 4.74 Å². The molecule has 0 saturated heterocycles. The van der Waals surface area contributed by atoms with E-state index in [1.54, 1.807) is 12.0 Å². The highest BCUT2D eigenvalue weighted by atomic mass is 32.1. The number of hydrogen-bond acceptors (Lipinski definition) is 6. The topological polar surface area (TPSA) is 80.2 Å². The van der Waals surface area contributed by atoms with Gasteiger partial charge in [-0.25, -0.2) is 4.79 Å². The maximum Gasteiger partial charge on any atom is 0.330 e. The Bertz CT molecular complexity index is 670. The number of nitrogens with zero attached hydrogens (tertiary/aromatic N) is 3. The summed E-state index contributed by atoms with van der Waals surface area (Å²) in [6.45, 7) is 0.745. The Morgan fingerprint density at radius 1 is 1.44 bits per heavy atom. The van der Waals surface area contributed by atoms with Gasteiger partial charge in [-0.3, -0.25) is 14.3 Å². The minimum Gasteiger partial charge on any atom is -0.383 e. The summed E-state index contributed by atoms with van der Waals surface area (Å²) in [6.07, 6.45) is 0. The first-order valence-corrected chi connectivity index (χ1v) is 6.12. The lowest BCUT2D eigenvalue weighted by atomic mass is 10.4. The van der Waals surface area contributed by atoms with E-state index < -0.39 is 11.2 Å². The molecule has 2 heterocycles. The molecule has 0 unspecified atom stereocenters. The first-order valence-electron chi connectivity index (χ1n) is 5.35. The lowest BCUT2D eigenvalue weighted by molar-refractivity contribution is 0.187. The zero-order chi connectivity index (χ0) is 13.3. The molecule has 0 atom stereocenters. The maximum atomic E-state index is 11.9. The lowest BCUT2D eigenvalue weighted by Gasteiger charge is -2.09. The Hall–Kier alpha value is -1.67. The molecular weight excluding hydrogens is 256 g/mol. The quantitative estimate of drug-likeness (QED) is 0.836. The molecule has 7 nitrogen and oxygen atoms in total. The molecule has 2 rings (SSSR count). The van der Waals surface area contributed by atoms with Crippen LogP contribution in [0, 0.1) is 0 Å². The second-order valence-corrected chi connectivity index (χ2v) is 4.74. The Morgan fingerprint density at radius 3 is 2.78 bits per heavy atom. The Kier molecular flexibility index (Phi) is 3.48. The minimum atomic E-state index is -0.458. The molecule has 0 amide bonds. The highest BCUT2D eigenvalue weighted by Crippen LogP contribution is 2.25. The van der Waals surface area contributed by atoms with E-state index in [0.29, 0.717) is 24.2 Å². The molecule has 8 heteroatoms. The van der Waals surface area contributed by atoms with Gasteiger partial charge in [-0.15, -0.1) is 0 Å². The summed E-state index contributed by atoms with van der Waals surface area (Å²) in [5.74, 6) is 0. The van der Waals surface area contributed by atoms with E-state index in [2.05, 4.69) is 9.36 Å². The number of methoxy groups -OCH3 is 1. The molecule has 2 aromatic rings. The van der Waals surface area contributed by atoms with E-state index in [1.807, 2.05) is 14.1 Å². The summed E-state index contributed by atoms with van der Waals surface area (Å²) in [7, 11) is 5.22. The molecule has 0 aromatic carbocycles. The molecule has 0 fully saturated rings. The number of nitrogens with one attached hydrogen (secondary N) is 1. The van der Waals surface area contributed by atoms with Crippen molar-refractivity contribution in [3.05, 3.63) is 20.8 Å². The number of hydrogen-bond donors (Lipinski definition) is 1. The number of aromatic nitrogens is 3. The average Bonchev–Trinajstić information content (AvgIpc) is 2.73. The van der Waals surface area contributed by atoms with E-state index in [-0.39, 0.29) is 0 Å². The van der Waals surface area contributed by atoms with Gasteiger partial charge < -0.3 is 9.64 Å². The van der Waals surface area contributed by atoms with Gasteiger partial charge in [-0.1, -0.05) is 0 Å². The van der Waals surface area contributed by atoms with E-state index in [1.165, 1.54) is 16.1 Å². The Balaban J connectivity index is 2.72. The van der Waals surface area contributed by atoms with Crippen LogP contribution < -0.4 is 16.1 Å². The van der Waals surface area contributed by atoms with Crippen LogP contribution in [0.1, 0.15) is 0 Å². The maximum absolute atomic E-state index is 11.9. The number of ether oxygens (including phenoxy) is 1. The fraction of sp³-hybridized carbons (Fsp3) is 0.500. The van der Waals surface area contributed by atoms with Crippen molar-refractivity contribution in [3.63, 3.8) is 0 Å². The SMILES string of the molecule is COCCn1c(=O)[nH]c(=O)c2c(N(C)C)snc21. The van der Waals surface area contributed by atoms with Gasteiger partial charge in [0.05, 0.1) is 13.2 Å². The molecule has 0 aliphatic heterocycles. The summed E-state index contributed by atoms with van der Waals surface area (Å²) in [4.78, 5) is 27.7. The fourth-order valence-electron chi connectivity index (χ4n) is 1.67. The third kappa shape index (κ3) is 2.04. The predicted molar refractivity (Wildman–Crippen MR) is 70.7 cm³/mol. The van der Waals surface area contributed by atoms with Gasteiger partial charge in [0.2, 0.25) is 0 Å². The third-order valence-corrected chi connectivity index (χ3v) is 3.54. The van der Waals surface area contributed by atoms with Crippen molar-refractivity contribution in [1.29, 1.82) is 0 Å². The van der Waals surface area contributed by atoms with Gasteiger partial charge in [0.15, 0.2) is 5.65 Å². The smallest absolute Gasteiger partial charge is 0.330 e. The number of H-pyrrole nitrogens is 1. The molecule has 0 saturated carbocycles. The van der Waals surface area contributed by atoms with Crippen molar-refractivity contribution in [3.8, 4) is 0 Å². The van der Waals surface area contributed by atoms with E-state index in [9.17, 15) is 9.59 Å². The molecule has 98 valence electrons. The first-order chi connectivity index (χ1) is 8.56. The van der Waals surface area contributed by atoms with Crippen LogP contribution in [0.5, 0.6) is 0 Å². The standard InChI is InChI=1S/C10H14N4O3S/c1-13(2)9-6-7(12-18-9)14(4-5-17-3)10(16)11-8(6)15/h4-5H2,1-3H3,(H,11,15,16). The molecule has 0 bridgehead atoms. The zero-order valence-electron chi connectivity index (χ0n) is 10.4. The van der Waals surface area contributed by atoms with Gasteiger partial charge >= 0.3 is 5.69 Å². The van der Waals surface area contributed by atoms with Gasteiger partial charge in [0.25, 0.3) is 5.56 Å². The van der Waals surface area contributed by atoms with Crippen molar-refractivity contribution in [1.82, 2.24) is 13.9 Å². The van der Waals surface area contributed by atoms with Crippen LogP contribution in [0.25, 0.3) is 11.0 Å². The van der Waals surface area contributed by atoms with Crippen LogP contribution in [-0.2, 0) is 11.3 Å². The molecule has 0 radical (unpaired) electrons.